The molecule has 0 aromatic heterocycles. The zero-order chi connectivity index (χ0) is 18.1. The van der Waals surface area contributed by atoms with Crippen LogP contribution in [-0.2, 0) is 9.59 Å². The summed E-state index contributed by atoms with van der Waals surface area (Å²) in [5, 5.41) is 7.67. The zero-order valence-corrected chi connectivity index (χ0v) is 14.7. The van der Waals surface area contributed by atoms with Gasteiger partial charge in [-0.15, -0.1) is 0 Å². The predicted octanol–water partition coefficient (Wildman–Crippen LogP) is -0.387. The maximum absolute atomic E-state index is 12.5. The Hall–Kier alpha value is -2.41. The molecule has 1 rings (SSSR count). The first-order valence-electron chi connectivity index (χ1n) is 8.10. The van der Waals surface area contributed by atoms with Crippen LogP contribution in [0.4, 0.5) is 4.79 Å². The lowest BCUT2D eigenvalue weighted by Crippen LogP contribution is -3.11. The van der Waals surface area contributed by atoms with Crippen LogP contribution in [0.1, 0.15) is 32.4 Å². The number of rotatable bonds is 7. The Morgan fingerprint density at radius 1 is 1.12 bits per heavy atom. The van der Waals surface area contributed by atoms with E-state index in [0.717, 1.165) is 5.56 Å². The highest BCUT2D eigenvalue weighted by atomic mass is 16.2. The van der Waals surface area contributed by atoms with E-state index < -0.39 is 18.0 Å². The molecule has 4 amide bonds. The molecule has 0 fully saturated rings. The lowest BCUT2D eigenvalue weighted by molar-refractivity contribution is -0.894. The summed E-state index contributed by atoms with van der Waals surface area (Å²) in [7, 11) is 1.76. The van der Waals surface area contributed by atoms with Crippen LogP contribution in [0.2, 0.25) is 0 Å². The van der Waals surface area contributed by atoms with E-state index in [4.69, 9.17) is 0 Å². The normalized spacial score (nSPS) is 13.0. The van der Waals surface area contributed by atoms with Gasteiger partial charge in [0, 0.05) is 18.2 Å². The van der Waals surface area contributed by atoms with Gasteiger partial charge in [-0.25, -0.2) is 4.79 Å². The van der Waals surface area contributed by atoms with Crippen molar-refractivity contribution in [2.24, 2.45) is 0 Å². The highest BCUT2D eigenvalue weighted by molar-refractivity contribution is 5.96. The average molecular weight is 335 g/mol. The maximum atomic E-state index is 12.5. The number of hydrogen-bond donors (Lipinski definition) is 4. The Kier molecular flexibility index (Phi) is 7.91. The first-order valence-corrected chi connectivity index (χ1v) is 8.10. The Labute approximate surface area is 142 Å². The van der Waals surface area contributed by atoms with E-state index in [1.54, 1.807) is 14.0 Å². The fourth-order valence-electron chi connectivity index (χ4n) is 2.42. The number of carbonyl (C=O) groups is 3. The Balaban J connectivity index is 2.91. The number of benzene rings is 1. The zero-order valence-electron chi connectivity index (χ0n) is 14.7. The minimum Gasteiger partial charge on any atom is -0.349 e. The van der Waals surface area contributed by atoms with Crippen molar-refractivity contribution >= 4 is 17.8 Å². The van der Waals surface area contributed by atoms with Gasteiger partial charge < -0.3 is 15.5 Å². The van der Waals surface area contributed by atoms with Gasteiger partial charge in [0.25, 0.3) is 11.8 Å². The molecule has 7 heteroatoms. The smallest absolute Gasteiger partial charge is 0.321 e. The SMILES string of the molecule is CCNC(=O)NC(=O)[C@H](c1ccccc1)[NH+](C)CC(=O)NC(C)C. The molecule has 0 aliphatic heterocycles. The van der Waals surface area contributed by atoms with Crippen LogP contribution >= 0.6 is 0 Å². The number of carbonyl (C=O) groups excluding carboxylic acids is 3. The van der Waals surface area contributed by atoms with Gasteiger partial charge in [0.05, 0.1) is 7.05 Å². The quantitative estimate of drug-likeness (QED) is 0.547. The first kappa shape index (κ1) is 19.6. The van der Waals surface area contributed by atoms with Crippen molar-refractivity contribution in [1.29, 1.82) is 0 Å². The number of likely N-dealkylation sites (N-methyl/N-ethyl adjacent to an activating group) is 1. The molecule has 24 heavy (non-hydrogen) atoms. The van der Waals surface area contributed by atoms with Gasteiger partial charge in [-0.05, 0) is 20.8 Å². The Bertz CT molecular complexity index is 560. The number of imide groups is 1. The molecule has 0 radical (unpaired) electrons. The van der Waals surface area contributed by atoms with Crippen molar-refractivity contribution < 1.29 is 19.3 Å². The summed E-state index contributed by atoms with van der Waals surface area (Å²) < 4.78 is 0. The van der Waals surface area contributed by atoms with E-state index in [0.29, 0.717) is 11.4 Å². The van der Waals surface area contributed by atoms with E-state index in [9.17, 15) is 14.4 Å². The van der Waals surface area contributed by atoms with Gasteiger partial charge in [0.1, 0.15) is 0 Å². The molecule has 0 bridgehead atoms. The molecule has 0 saturated carbocycles. The fraction of sp³-hybridized carbons (Fsp3) is 0.471. The number of hydrogen-bond acceptors (Lipinski definition) is 3. The molecule has 2 atom stereocenters. The highest BCUT2D eigenvalue weighted by Gasteiger charge is 2.31. The molecule has 1 aromatic carbocycles. The predicted molar refractivity (Wildman–Crippen MR) is 91.4 cm³/mol. The molecule has 132 valence electrons. The van der Waals surface area contributed by atoms with E-state index in [1.807, 2.05) is 44.2 Å². The highest BCUT2D eigenvalue weighted by Crippen LogP contribution is 2.09. The summed E-state index contributed by atoms with van der Waals surface area (Å²) in [6.45, 7) is 6.08. The van der Waals surface area contributed by atoms with Crippen LogP contribution < -0.4 is 20.9 Å². The third-order valence-corrected chi connectivity index (χ3v) is 3.35. The molecular formula is C17H27N4O3+. The lowest BCUT2D eigenvalue weighted by Gasteiger charge is -2.24. The van der Waals surface area contributed by atoms with Gasteiger partial charge in [-0.3, -0.25) is 14.9 Å². The van der Waals surface area contributed by atoms with Crippen molar-refractivity contribution in [3.63, 3.8) is 0 Å². The summed E-state index contributed by atoms with van der Waals surface area (Å²) in [4.78, 5) is 36.9. The second kappa shape index (κ2) is 9.67. The van der Waals surface area contributed by atoms with Gasteiger partial charge >= 0.3 is 6.03 Å². The maximum Gasteiger partial charge on any atom is 0.321 e. The van der Waals surface area contributed by atoms with Crippen molar-refractivity contribution in [1.82, 2.24) is 16.0 Å². The topological polar surface area (TPSA) is 91.7 Å². The summed E-state index contributed by atoms with van der Waals surface area (Å²) in [5.74, 6) is -0.587. The van der Waals surface area contributed by atoms with Gasteiger partial charge in [-0.2, -0.15) is 0 Å². The van der Waals surface area contributed by atoms with E-state index >= 15 is 0 Å². The van der Waals surface area contributed by atoms with Crippen molar-refractivity contribution in [2.45, 2.75) is 32.9 Å². The monoisotopic (exact) mass is 335 g/mol. The molecule has 7 nitrogen and oxygen atoms in total. The molecule has 0 aliphatic rings. The average Bonchev–Trinajstić information content (AvgIpc) is 2.47. The standard InChI is InChI=1S/C17H26N4O3/c1-5-18-17(24)20-16(23)15(13-9-7-6-8-10-13)21(4)11-14(22)19-12(2)3/h6-10,12,15H,5,11H2,1-4H3,(H,19,22)(H2,18,20,23,24)/p+1/t15-/m0/s1. The van der Waals surface area contributed by atoms with E-state index in [-0.39, 0.29) is 18.5 Å². The molecule has 0 saturated heterocycles. The molecule has 1 unspecified atom stereocenters. The third kappa shape index (κ3) is 6.37. The minimum atomic E-state index is -0.660. The second-order valence-corrected chi connectivity index (χ2v) is 5.94. The largest absolute Gasteiger partial charge is 0.349 e. The lowest BCUT2D eigenvalue weighted by atomic mass is 10.0. The second-order valence-electron chi connectivity index (χ2n) is 5.94. The summed E-state index contributed by atoms with van der Waals surface area (Å²) in [6, 6.07) is 7.95. The Morgan fingerprint density at radius 2 is 1.75 bits per heavy atom. The summed E-state index contributed by atoms with van der Waals surface area (Å²) >= 11 is 0. The molecule has 0 heterocycles. The molecule has 4 N–H and O–H groups in total. The van der Waals surface area contributed by atoms with Crippen LogP contribution in [0.15, 0.2) is 30.3 Å². The number of amides is 4. The van der Waals surface area contributed by atoms with E-state index in [2.05, 4.69) is 16.0 Å². The van der Waals surface area contributed by atoms with Crippen LogP contribution in [0.3, 0.4) is 0 Å². The number of urea groups is 1. The van der Waals surface area contributed by atoms with Crippen LogP contribution in [0.5, 0.6) is 0 Å². The van der Waals surface area contributed by atoms with Crippen molar-refractivity contribution in [3.05, 3.63) is 35.9 Å². The van der Waals surface area contributed by atoms with E-state index in [1.165, 1.54) is 0 Å². The Morgan fingerprint density at radius 3 is 2.29 bits per heavy atom. The van der Waals surface area contributed by atoms with Gasteiger partial charge in [0.15, 0.2) is 12.6 Å². The third-order valence-electron chi connectivity index (χ3n) is 3.35. The van der Waals surface area contributed by atoms with Crippen LogP contribution in [0, 0.1) is 0 Å². The molecule has 0 spiro atoms. The van der Waals surface area contributed by atoms with Crippen LogP contribution in [0.25, 0.3) is 0 Å². The van der Waals surface area contributed by atoms with Crippen molar-refractivity contribution in [2.75, 3.05) is 20.1 Å². The molecule has 0 aliphatic carbocycles. The fourth-order valence-corrected chi connectivity index (χ4v) is 2.42. The number of quaternary nitrogens is 1. The summed E-state index contributed by atoms with van der Waals surface area (Å²) in [6.07, 6.45) is 0. The first-order chi connectivity index (χ1) is 11.3. The minimum absolute atomic E-state index is 0.0321. The van der Waals surface area contributed by atoms with Gasteiger partial charge in [0.2, 0.25) is 0 Å². The summed E-state index contributed by atoms with van der Waals surface area (Å²) in [5.41, 5.74) is 0.745. The van der Waals surface area contributed by atoms with Gasteiger partial charge in [-0.1, -0.05) is 30.3 Å². The van der Waals surface area contributed by atoms with Crippen LogP contribution in [-0.4, -0.2) is 44.0 Å². The molecular weight excluding hydrogens is 308 g/mol. The number of nitrogens with one attached hydrogen (secondary N) is 4. The van der Waals surface area contributed by atoms with Crippen molar-refractivity contribution in [3.8, 4) is 0 Å². The molecule has 1 aromatic rings.